The van der Waals surface area contributed by atoms with Crippen LogP contribution in [0.2, 0.25) is 0 Å². The number of primary amides is 1. The van der Waals surface area contributed by atoms with Crippen molar-refractivity contribution in [2.75, 3.05) is 33.0 Å². The van der Waals surface area contributed by atoms with E-state index in [1.54, 1.807) is 44.2 Å². The van der Waals surface area contributed by atoms with E-state index >= 15 is 0 Å². The smallest absolute Gasteiger partial charge is 0.326 e. The van der Waals surface area contributed by atoms with Crippen LogP contribution < -0.4 is 75.7 Å². The van der Waals surface area contributed by atoms with E-state index in [1.807, 2.05) is 0 Å². The lowest BCUT2D eigenvalue weighted by Crippen LogP contribution is -2.62. The van der Waals surface area contributed by atoms with Crippen LogP contribution in [0, 0.1) is 17.2 Å². The molecule has 0 fully saturated rings. The van der Waals surface area contributed by atoms with Crippen molar-refractivity contribution in [2.24, 2.45) is 29.0 Å². The van der Waals surface area contributed by atoms with Gasteiger partial charge in [0.1, 0.15) is 60.4 Å². The minimum absolute atomic E-state index is 0.0607. The summed E-state index contributed by atoms with van der Waals surface area (Å²) in [6.07, 6.45) is -3.39. The summed E-state index contributed by atoms with van der Waals surface area (Å²) in [5.74, 6) is -18.1. The number of aliphatic hydroxyl groups excluding tert-OH is 4. The molecule has 498 valence electrons. The van der Waals surface area contributed by atoms with Crippen LogP contribution in [-0.2, 0) is 73.5 Å². The van der Waals surface area contributed by atoms with E-state index in [2.05, 4.69) is 58.5 Å². The Kier molecular flexibility index (Phi) is 35.3. The van der Waals surface area contributed by atoms with Gasteiger partial charge in [-0.25, -0.2) is 4.79 Å². The quantitative estimate of drug-likeness (QED) is 0.0164. The number of carbonyl (C=O) groups excluding carboxylic acids is 11. The summed E-state index contributed by atoms with van der Waals surface area (Å²) in [6.45, 7) is 1.57. The summed E-state index contributed by atoms with van der Waals surface area (Å²) in [5, 5.41) is 101. The minimum atomic E-state index is -1.93. The lowest BCUT2D eigenvalue weighted by atomic mass is 10.0. The van der Waals surface area contributed by atoms with Crippen LogP contribution in [0.5, 0.6) is 0 Å². The van der Waals surface area contributed by atoms with Crippen LogP contribution in [0.25, 0.3) is 0 Å². The lowest BCUT2D eigenvalue weighted by molar-refractivity contribution is -0.143. The fourth-order valence-electron chi connectivity index (χ4n) is 8.06. The molecule has 0 aliphatic carbocycles. The average molecular weight is 1270 g/mol. The molecule has 0 aliphatic rings. The zero-order valence-corrected chi connectivity index (χ0v) is 49.6. The predicted molar refractivity (Wildman–Crippen MR) is 309 cm³/mol. The third-order valence-electron chi connectivity index (χ3n) is 13.0. The maximum Gasteiger partial charge on any atom is 0.326 e. The van der Waals surface area contributed by atoms with Gasteiger partial charge in [-0.1, -0.05) is 58.0 Å². The van der Waals surface area contributed by atoms with Gasteiger partial charge in [-0.3, -0.25) is 67.7 Å². The molecule has 0 saturated carbocycles. The molecule has 0 saturated heterocycles. The first-order valence-electron chi connectivity index (χ1n) is 28.1. The van der Waals surface area contributed by atoms with Crippen molar-refractivity contribution in [3.05, 3.63) is 35.9 Å². The Balaban J connectivity index is 3.28. The molecule has 0 spiro atoms. The van der Waals surface area contributed by atoms with Crippen molar-refractivity contribution >= 4 is 88.8 Å². The molecule has 0 bridgehead atoms. The molecule has 11 atom stereocenters. The number of carbonyl (C=O) groups is 14. The van der Waals surface area contributed by atoms with E-state index in [4.69, 9.17) is 27.7 Å². The van der Waals surface area contributed by atoms with Gasteiger partial charge >= 0.3 is 17.9 Å². The summed E-state index contributed by atoms with van der Waals surface area (Å²) in [5.41, 5.74) is 16.7. The predicted octanol–water partition coefficient (Wildman–Crippen LogP) is -8.58. The van der Waals surface area contributed by atoms with Crippen LogP contribution in [0.1, 0.15) is 91.0 Å². The number of nitrogens with two attached hydrogens (primary N) is 3. The molecule has 0 aliphatic heterocycles. The Labute approximate surface area is 510 Å². The number of nitrogens with one attached hydrogen (secondary N) is 12. The summed E-state index contributed by atoms with van der Waals surface area (Å²) in [6, 6.07) is -10.7. The van der Waals surface area contributed by atoms with Crippen molar-refractivity contribution in [1.29, 1.82) is 5.41 Å². The normalized spacial score (nSPS) is 14.7. The molecule has 89 heavy (non-hydrogen) atoms. The Bertz CT molecular complexity index is 2620. The number of aliphatic hydroxyl groups is 4. The molecule has 36 heteroatoms. The number of rotatable bonds is 43. The van der Waals surface area contributed by atoms with Crippen LogP contribution in [0.4, 0.5) is 0 Å². The van der Waals surface area contributed by atoms with Crippen molar-refractivity contribution < 1.29 is 103 Å². The number of hydrogen-bond acceptors (Lipinski definition) is 20. The number of amides is 11. The molecule has 0 aromatic heterocycles. The molecule has 1 aromatic rings. The number of carboxylic acid groups (broad SMARTS) is 3. The largest absolute Gasteiger partial charge is 0.481 e. The molecule has 1 aromatic carbocycles. The number of guanidine groups is 1. The van der Waals surface area contributed by atoms with E-state index in [0.29, 0.717) is 5.56 Å². The van der Waals surface area contributed by atoms with Crippen LogP contribution in [-0.4, -0.2) is 224 Å². The summed E-state index contributed by atoms with van der Waals surface area (Å²) in [4.78, 5) is 182. The molecule has 36 nitrogen and oxygen atoms in total. The van der Waals surface area contributed by atoms with Gasteiger partial charge in [0.25, 0.3) is 0 Å². The molecule has 0 radical (unpaired) electrons. The minimum Gasteiger partial charge on any atom is -0.481 e. The maximum absolute atomic E-state index is 14.0. The van der Waals surface area contributed by atoms with Gasteiger partial charge in [-0.2, -0.15) is 0 Å². The van der Waals surface area contributed by atoms with Gasteiger partial charge < -0.3 is 111 Å². The number of carboxylic acids is 3. The first-order chi connectivity index (χ1) is 41.8. The fourth-order valence-corrected chi connectivity index (χ4v) is 8.06. The second-order valence-corrected chi connectivity index (χ2v) is 21.1. The van der Waals surface area contributed by atoms with Gasteiger partial charge in [-0.05, 0) is 55.9 Å². The van der Waals surface area contributed by atoms with Crippen LogP contribution in [0.3, 0.4) is 0 Å². The summed E-state index contributed by atoms with van der Waals surface area (Å²) >= 11 is 0. The van der Waals surface area contributed by atoms with E-state index in [9.17, 15) is 97.8 Å². The summed E-state index contributed by atoms with van der Waals surface area (Å²) in [7, 11) is 0. The van der Waals surface area contributed by atoms with Gasteiger partial charge in [0, 0.05) is 32.2 Å². The van der Waals surface area contributed by atoms with E-state index in [1.165, 1.54) is 13.8 Å². The van der Waals surface area contributed by atoms with Crippen molar-refractivity contribution in [1.82, 2.24) is 58.5 Å². The third kappa shape index (κ3) is 29.9. The second-order valence-electron chi connectivity index (χ2n) is 21.1. The monoisotopic (exact) mass is 1270 g/mol. The Morgan fingerprint density at radius 2 is 0.820 bits per heavy atom. The first kappa shape index (κ1) is 77.9. The molecule has 25 N–H and O–H groups in total. The lowest BCUT2D eigenvalue weighted by Gasteiger charge is -2.28. The van der Waals surface area contributed by atoms with Crippen LogP contribution in [0.15, 0.2) is 30.3 Å². The molecule has 0 unspecified atom stereocenters. The van der Waals surface area contributed by atoms with E-state index < -0.39 is 213 Å². The van der Waals surface area contributed by atoms with E-state index in [-0.39, 0.29) is 51.0 Å². The van der Waals surface area contributed by atoms with Gasteiger partial charge in [0.05, 0.1) is 32.5 Å². The standard InChI is InChI=1S/C53H85N15O21/c1-25(2)19-32(62-44(80)29(13-15-38(55)73)59-42(78)28(54)12-16-39(74)75)45(81)64-35(22-70)48(84)66-37(24-72)50(86)68-41(26(3)4)51(87)67-36(23-71)49(85)65-34(21-69)47(83)63-33(20-27-9-6-5-7-10-27)46(82)60-30(14-17-40(76)77)43(79)61-31(52(88)89)11-8-18-58-53(56)57/h5-7,9-10,25-26,28-37,41,69-72H,8,11-24,54H2,1-4H3,(H2,55,73)(H,59,78)(H,60,82)(H,61,79)(H,62,80)(H,63,83)(H,64,81)(H,65,85)(H,66,84)(H,67,87)(H,68,86)(H,74,75)(H,76,77)(H,88,89)(H4,56,57,58)/t28-,29-,30-,31-,32-,33-,34-,35-,36-,37-,41-/m0/s1. The van der Waals surface area contributed by atoms with Crippen molar-refractivity contribution in [3.8, 4) is 0 Å². The van der Waals surface area contributed by atoms with Gasteiger partial charge in [-0.15, -0.1) is 0 Å². The molecular weight excluding hydrogens is 1180 g/mol. The average Bonchev–Trinajstić information content (AvgIpc) is 1.92. The van der Waals surface area contributed by atoms with E-state index in [0.717, 1.165) is 0 Å². The van der Waals surface area contributed by atoms with Crippen LogP contribution >= 0.6 is 0 Å². The van der Waals surface area contributed by atoms with Gasteiger partial charge in [0.2, 0.25) is 65.0 Å². The zero-order chi connectivity index (χ0) is 67.7. The Morgan fingerprint density at radius 3 is 1.25 bits per heavy atom. The number of benzene rings is 1. The Hall–Kier alpha value is -9.13. The molecule has 11 amide bonds. The fraction of sp³-hybridized carbons (Fsp3) is 0.604. The summed E-state index contributed by atoms with van der Waals surface area (Å²) < 4.78 is 0. The zero-order valence-electron chi connectivity index (χ0n) is 49.6. The first-order valence-corrected chi connectivity index (χ1v) is 28.1. The van der Waals surface area contributed by atoms with Crippen molar-refractivity contribution in [3.63, 3.8) is 0 Å². The topological polar surface area (TPSA) is 615 Å². The number of aliphatic carboxylic acids is 3. The number of hydrogen-bond donors (Lipinski definition) is 22. The second kappa shape index (κ2) is 40.3. The highest BCUT2D eigenvalue weighted by Crippen LogP contribution is 2.11. The Morgan fingerprint density at radius 1 is 0.449 bits per heavy atom. The molecule has 1 rings (SSSR count). The van der Waals surface area contributed by atoms with Crippen molar-refractivity contribution in [2.45, 2.75) is 158 Å². The SMILES string of the molecule is CC(C)C[C@H](NC(=O)[C@H](CCC(N)=O)NC(=O)[C@@H](N)CCC(=O)O)C(=O)N[C@@H](CO)C(=O)N[C@@H](CO)C(=O)N[C@H](C(=O)N[C@@H](CO)C(=O)N[C@@H](CO)C(=O)N[C@@H](Cc1ccccc1)C(=O)N[C@@H](CCC(=O)O)C(=O)N[C@@H](CCCNC(=N)N)C(=O)O)C(C)C. The van der Waals surface area contributed by atoms with Gasteiger partial charge in [0.15, 0.2) is 5.96 Å². The highest BCUT2D eigenvalue weighted by Gasteiger charge is 2.37. The molecular formula is C53H85N15O21. The third-order valence-corrected chi connectivity index (χ3v) is 13.0. The maximum atomic E-state index is 14.0. The highest BCUT2D eigenvalue weighted by molar-refractivity contribution is 5.99. The molecule has 0 heterocycles. The highest BCUT2D eigenvalue weighted by atomic mass is 16.4.